The van der Waals surface area contributed by atoms with Gasteiger partial charge in [0.1, 0.15) is 4.90 Å². The zero-order valence-corrected chi connectivity index (χ0v) is 11.4. The molecule has 19 heavy (non-hydrogen) atoms. The molecule has 0 saturated heterocycles. The number of carbonyl (C=O) groups is 1. The molecule has 7 nitrogen and oxygen atoms in total. The summed E-state index contributed by atoms with van der Waals surface area (Å²) in [4.78, 5) is 14.8. The first kappa shape index (κ1) is 15.5. The first-order valence-electron chi connectivity index (χ1n) is 5.49. The van der Waals surface area contributed by atoms with Crippen molar-refractivity contribution < 1.29 is 22.6 Å². The number of ether oxygens (including phenoxy) is 1. The van der Waals surface area contributed by atoms with E-state index in [1.807, 2.05) is 0 Å². The Labute approximate surface area is 112 Å². The largest absolute Gasteiger partial charge is 0.509 e. The second kappa shape index (κ2) is 7.10. The molecule has 9 heteroatoms. The summed E-state index contributed by atoms with van der Waals surface area (Å²) >= 11 is 0. The molecule has 103 valence electrons. The molecular weight excluding hydrogens is 271 g/mol. The predicted molar refractivity (Wildman–Crippen MR) is 68.2 cm³/mol. The Morgan fingerprint density at radius 2 is 2.26 bits per heavy atom. The molecular formula is C10H14BN2O5S. The highest BCUT2D eigenvalue weighted by molar-refractivity contribution is 7.89. The van der Waals surface area contributed by atoms with Crippen molar-refractivity contribution in [3.63, 3.8) is 0 Å². The van der Waals surface area contributed by atoms with Gasteiger partial charge in [0, 0.05) is 18.8 Å². The maximum absolute atomic E-state index is 11.7. The molecule has 0 aliphatic carbocycles. The zero-order valence-electron chi connectivity index (χ0n) is 10.6. The number of nitrogens with zero attached hydrogens (tertiary/aromatic N) is 1. The molecule has 0 fully saturated rings. The maximum atomic E-state index is 11.7. The molecule has 0 saturated carbocycles. The van der Waals surface area contributed by atoms with Crippen LogP contribution in [0.15, 0.2) is 23.4 Å². The number of carbonyl (C=O) groups excluding carboxylic acids is 1. The van der Waals surface area contributed by atoms with Crippen LogP contribution in [0.5, 0.6) is 0 Å². The first-order chi connectivity index (χ1) is 9.01. The van der Waals surface area contributed by atoms with E-state index in [-0.39, 0.29) is 17.9 Å². The van der Waals surface area contributed by atoms with Crippen molar-refractivity contribution in [1.29, 1.82) is 0 Å². The van der Waals surface area contributed by atoms with Crippen molar-refractivity contribution in [3.8, 4) is 0 Å². The van der Waals surface area contributed by atoms with Crippen LogP contribution in [-0.4, -0.2) is 40.7 Å². The number of hydrogen-bond donors (Lipinski definition) is 1. The van der Waals surface area contributed by atoms with Crippen LogP contribution in [0.4, 0.5) is 4.79 Å². The van der Waals surface area contributed by atoms with E-state index in [1.165, 1.54) is 26.9 Å². The van der Waals surface area contributed by atoms with Gasteiger partial charge in [-0.05, 0) is 25.5 Å². The van der Waals surface area contributed by atoms with Crippen molar-refractivity contribution in [2.75, 3.05) is 13.7 Å². The lowest BCUT2D eigenvalue weighted by Crippen LogP contribution is -2.21. The fourth-order valence-corrected chi connectivity index (χ4v) is 2.28. The second-order valence-corrected chi connectivity index (χ2v) is 5.25. The predicted octanol–water partition coefficient (Wildman–Crippen LogP) is 0.353. The van der Waals surface area contributed by atoms with Crippen molar-refractivity contribution in [2.45, 2.75) is 18.1 Å². The summed E-state index contributed by atoms with van der Waals surface area (Å²) in [6.45, 7) is 1.56. The Bertz CT molecular complexity index is 534. The fourth-order valence-electron chi connectivity index (χ4n) is 1.34. The van der Waals surface area contributed by atoms with Crippen molar-refractivity contribution in [1.82, 2.24) is 9.71 Å². The van der Waals surface area contributed by atoms with Gasteiger partial charge in [-0.1, -0.05) is 0 Å². The van der Waals surface area contributed by atoms with Gasteiger partial charge in [0.15, 0.2) is 0 Å². The Hall–Kier alpha value is -1.61. The van der Waals surface area contributed by atoms with Gasteiger partial charge in [0.05, 0.1) is 6.61 Å². The molecule has 0 aliphatic rings. The monoisotopic (exact) mass is 285 g/mol. The van der Waals surface area contributed by atoms with E-state index in [0.29, 0.717) is 5.56 Å². The maximum Gasteiger partial charge on any atom is 0.489 e. The standard InChI is InChI=1S/C10H14BN2O5S/c1-11-18-10(14)17-6-4-8-3-5-13-7-9(8)19(15,16)12-2/h3,5,7,12H,4,6H2,1-2H3. The van der Waals surface area contributed by atoms with E-state index in [1.54, 1.807) is 12.9 Å². The van der Waals surface area contributed by atoms with E-state index in [0.717, 1.165) is 0 Å². The minimum Gasteiger partial charge on any atom is -0.509 e. The van der Waals surface area contributed by atoms with Crippen LogP contribution in [0.25, 0.3) is 0 Å². The van der Waals surface area contributed by atoms with E-state index < -0.39 is 16.2 Å². The SMILES string of the molecule is C[B]OC(=O)OCCc1ccncc1S(=O)(=O)NC. The van der Waals surface area contributed by atoms with Crippen molar-refractivity contribution in [3.05, 3.63) is 24.0 Å². The Kier molecular flexibility index (Phi) is 5.77. The zero-order chi connectivity index (χ0) is 14.3. The Balaban J connectivity index is 2.72. The lowest BCUT2D eigenvalue weighted by atomic mass is 10.1. The van der Waals surface area contributed by atoms with Crippen molar-refractivity contribution in [2.24, 2.45) is 0 Å². The highest BCUT2D eigenvalue weighted by Gasteiger charge is 2.16. The quantitative estimate of drug-likeness (QED) is 0.598. The van der Waals surface area contributed by atoms with Gasteiger partial charge < -0.3 is 9.39 Å². The van der Waals surface area contributed by atoms with E-state index in [2.05, 4.69) is 14.4 Å². The third kappa shape index (κ3) is 4.53. The summed E-state index contributed by atoms with van der Waals surface area (Å²) < 4.78 is 34.9. The highest BCUT2D eigenvalue weighted by atomic mass is 32.2. The topological polar surface area (TPSA) is 94.6 Å². The van der Waals surface area contributed by atoms with Gasteiger partial charge >= 0.3 is 13.6 Å². The Morgan fingerprint density at radius 1 is 1.53 bits per heavy atom. The number of nitrogens with one attached hydrogen (secondary N) is 1. The fraction of sp³-hybridized carbons (Fsp3) is 0.400. The summed E-state index contributed by atoms with van der Waals surface area (Å²) in [6.07, 6.45) is 2.15. The van der Waals surface area contributed by atoms with Crippen LogP contribution < -0.4 is 4.72 Å². The molecule has 1 N–H and O–H groups in total. The Morgan fingerprint density at radius 3 is 2.89 bits per heavy atom. The van der Waals surface area contributed by atoms with E-state index >= 15 is 0 Å². The van der Waals surface area contributed by atoms with Crippen LogP contribution in [0.1, 0.15) is 5.56 Å². The number of hydrogen-bond acceptors (Lipinski definition) is 6. The first-order valence-corrected chi connectivity index (χ1v) is 6.97. The molecule has 1 heterocycles. The lowest BCUT2D eigenvalue weighted by molar-refractivity contribution is 0.102. The van der Waals surface area contributed by atoms with Crippen LogP contribution in [-0.2, 0) is 25.8 Å². The van der Waals surface area contributed by atoms with Crippen LogP contribution in [0.2, 0.25) is 6.82 Å². The number of rotatable bonds is 6. The van der Waals surface area contributed by atoms with Crippen LogP contribution in [0.3, 0.4) is 0 Å². The van der Waals surface area contributed by atoms with Gasteiger partial charge in [0.25, 0.3) is 0 Å². The lowest BCUT2D eigenvalue weighted by Gasteiger charge is -2.09. The van der Waals surface area contributed by atoms with Crippen LogP contribution >= 0.6 is 0 Å². The molecule has 1 radical (unpaired) electrons. The minimum absolute atomic E-state index is 0.0168. The number of pyridine rings is 1. The summed E-state index contributed by atoms with van der Waals surface area (Å²) in [5.74, 6) is 0. The summed E-state index contributed by atoms with van der Waals surface area (Å²) in [5, 5.41) is 0. The van der Waals surface area contributed by atoms with Gasteiger partial charge in [-0.3, -0.25) is 4.98 Å². The molecule has 0 amide bonds. The second-order valence-electron chi connectivity index (χ2n) is 3.39. The molecule has 1 aromatic heterocycles. The average molecular weight is 285 g/mol. The molecule has 0 unspecified atom stereocenters. The number of sulfonamides is 1. The minimum atomic E-state index is -3.58. The van der Waals surface area contributed by atoms with Gasteiger partial charge in [0.2, 0.25) is 10.0 Å². The third-order valence-electron chi connectivity index (χ3n) is 2.23. The van der Waals surface area contributed by atoms with Crippen molar-refractivity contribution >= 4 is 23.7 Å². The normalized spacial score (nSPS) is 10.8. The molecule has 0 aromatic carbocycles. The molecule has 0 spiro atoms. The highest BCUT2D eigenvalue weighted by Crippen LogP contribution is 2.14. The van der Waals surface area contributed by atoms with Gasteiger partial charge in [-0.25, -0.2) is 17.9 Å². The van der Waals surface area contributed by atoms with Gasteiger partial charge in [-0.15, -0.1) is 0 Å². The third-order valence-corrected chi connectivity index (χ3v) is 3.72. The number of aromatic nitrogens is 1. The summed E-state index contributed by atoms with van der Waals surface area (Å²) in [5.41, 5.74) is 0.512. The molecule has 0 aliphatic heterocycles. The van der Waals surface area contributed by atoms with Crippen LogP contribution in [0, 0.1) is 0 Å². The van der Waals surface area contributed by atoms with Gasteiger partial charge in [-0.2, -0.15) is 0 Å². The smallest absolute Gasteiger partial charge is 0.489 e. The average Bonchev–Trinajstić information content (AvgIpc) is 2.39. The molecule has 0 atom stereocenters. The molecule has 0 bridgehead atoms. The summed E-state index contributed by atoms with van der Waals surface area (Å²) in [7, 11) is -1.06. The molecule has 1 rings (SSSR count). The molecule has 1 aromatic rings. The van der Waals surface area contributed by atoms with E-state index in [9.17, 15) is 13.2 Å². The van der Waals surface area contributed by atoms with E-state index in [4.69, 9.17) is 4.74 Å². The summed E-state index contributed by atoms with van der Waals surface area (Å²) in [6, 6.07) is 1.56.